The minimum Gasteiger partial charge on any atom is -0.494 e. The average Bonchev–Trinajstić information content (AvgIpc) is 3.24. The van der Waals surface area contributed by atoms with Crippen molar-refractivity contribution >= 4 is 0 Å². The van der Waals surface area contributed by atoms with Crippen molar-refractivity contribution in [1.29, 1.82) is 0 Å². The molecule has 2 rings (SSSR count). The summed E-state index contributed by atoms with van der Waals surface area (Å²) in [5.41, 5.74) is 1.15. The van der Waals surface area contributed by atoms with Gasteiger partial charge in [0.25, 0.3) is 0 Å². The van der Waals surface area contributed by atoms with E-state index in [1.165, 1.54) is 12.8 Å². The van der Waals surface area contributed by atoms with E-state index in [-0.39, 0.29) is 0 Å². The second kappa shape index (κ2) is 8.25. The van der Waals surface area contributed by atoms with Gasteiger partial charge in [0.05, 0.1) is 19.3 Å². The average molecular weight is 279 g/mol. The lowest BCUT2D eigenvalue weighted by Crippen LogP contribution is -2.30. The molecule has 1 aromatic carbocycles. The lowest BCUT2D eigenvalue weighted by molar-refractivity contribution is 0.0324. The molecule has 0 aliphatic heterocycles. The topological polar surface area (TPSA) is 50.7 Å². The highest BCUT2D eigenvalue weighted by Crippen LogP contribution is 2.28. The first-order valence-corrected chi connectivity index (χ1v) is 7.46. The fraction of sp³-hybridized carbons (Fsp3) is 0.625. The van der Waals surface area contributed by atoms with Crippen LogP contribution in [0.5, 0.6) is 5.75 Å². The number of hydrogen-bond donors (Lipinski definition) is 2. The van der Waals surface area contributed by atoms with E-state index in [9.17, 15) is 5.11 Å². The van der Waals surface area contributed by atoms with Crippen molar-refractivity contribution in [2.24, 2.45) is 5.92 Å². The maximum absolute atomic E-state index is 9.79. The van der Waals surface area contributed by atoms with Crippen LogP contribution in [0.2, 0.25) is 0 Å². The van der Waals surface area contributed by atoms with Crippen LogP contribution in [0.4, 0.5) is 0 Å². The predicted octanol–water partition coefficient (Wildman–Crippen LogP) is 1.96. The lowest BCUT2D eigenvalue weighted by atomic mass is 10.2. The van der Waals surface area contributed by atoms with Crippen molar-refractivity contribution in [1.82, 2.24) is 5.32 Å². The second-order valence-electron chi connectivity index (χ2n) is 5.35. The first kappa shape index (κ1) is 15.3. The summed E-state index contributed by atoms with van der Waals surface area (Å²) in [6, 6.07) is 8.00. The van der Waals surface area contributed by atoms with Crippen LogP contribution in [0.1, 0.15) is 25.3 Å². The molecule has 20 heavy (non-hydrogen) atoms. The molecule has 0 aromatic heterocycles. The van der Waals surface area contributed by atoms with E-state index in [0.717, 1.165) is 30.4 Å². The Kier molecular flexibility index (Phi) is 6.30. The highest BCUT2D eigenvalue weighted by Gasteiger charge is 2.21. The van der Waals surface area contributed by atoms with Crippen LogP contribution in [0.15, 0.2) is 24.3 Å². The third kappa shape index (κ3) is 5.90. The summed E-state index contributed by atoms with van der Waals surface area (Å²) in [5.74, 6) is 1.64. The molecule has 1 aromatic rings. The second-order valence-corrected chi connectivity index (χ2v) is 5.35. The van der Waals surface area contributed by atoms with E-state index in [1.54, 1.807) is 0 Å². The quantitative estimate of drug-likeness (QED) is 0.687. The van der Waals surface area contributed by atoms with Gasteiger partial charge in [-0.15, -0.1) is 0 Å². The molecule has 0 spiro atoms. The van der Waals surface area contributed by atoms with Crippen molar-refractivity contribution in [2.75, 3.05) is 26.4 Å². The van der Waals surface area contributed by atoms with Crippen LogP contribution in [-0.2, 0) is 11.3 Å². The van der Waals surface area contributed by atoms with Gasteiger partial charge in [-0.25, -0.2) is 0 Å². The molecule has 1 aliphatic carbocycles. The van der Waals surface area contributed by atoms with Gasteiger partial charge in [-0.1, -0.05) is 12.1 Å². The molecule has 0 bridgehead atoms. The summed E-state index contributed by atoms with van der Waals surface area (Å²) in [6.07, 6.45) is 2.12. The fourth-order valence-corrected chi connectivity index (χ4v) is 2.01. The molecule has 2 N–H and O–H groups in total. The Hall–Kier alpha value is -1.10. The van der Waals surface area contributed by atoms with Gasteiger partial charge in [-0.2, -0.15) is 0 Å². The van der Waals surface area contributed by atoms with Crippen LogP contribution < -0.4 is 10.1 Å². The molecule has 0 amide bonds. The van der Waals surface area contributed by atoms with Crippen LogP contribution in [0.3, 0.4) is 0 Å². The smallest absolute Gasteiger partial charge is 0.119 e. The number of aliphatic hydroxyl groups excluding tert-OH is 1. The summed E-state index contributed by atoms with van der Waals surface area (Å²) < 4.78 is 10.9. The fourth-order valence-electron chi connectivity index (χ4n) is 2.01. The van der Waals surface area contributed by atoms with Gasteiger partial charge in [0.1, 0.15) is 5.75 Å². The molecule has 1 atom stereocenters. The Labute approximate surface area is 121 Å². The molecule has 4 nitrogen and oxygen atoms in total. The van der Waals surface area contributed by atoms with Crippen LogP contribution in [0, 0.1) is 5.92 Å². The molecule has 0 saturated heterocycles. The van der Waals surface area contributed by atoms with Crippen molar-refractivity contribution in [2.45, 2.75) is 32.4 Å². The van der Waals surface area contributed by atoms with Gasteiger partial charge < -0.3 is 19.9 Å². The summed E-state index contributed by atoms with van der Waals surface area (Å²) in [6.45, 7) is 5.14. The third-order valence-corrected chi connectivity index (χ3v) is 3.28. The minimum atomic E-state index is -0.441. The zero-order valence-corrected chi connectivity index (χ0v) is 12.2. The van der Waals surface area contributed by atoms with Crippen LogP contribution in [-0.4, -0.2) is 37.6 Å². The molecule has 1 aliphatic rings. The number of nitrogens with one attached hydrogen (secondary N) is 1. The normalized spacial score (nSPS) is 16.1. The Morgan fingerprint density at radius 1 is 1.40 bits per heavy atom. The predicted molar refractivity (Wildman–Crippen MR) is 78.9 cm³/mol. The van der Waals surface area contributed by atoms with Gasteiger partial charge in [0.2, 0.25) is 0 Å². The van der Waals surface area contributed by atoms with Crippen LogP contribution in [0.25, 0.3) is 0 Å². The molecular formula is C16H25NO3. The Morgan fingerprint density at radius 2 is 2.25 bits per heavy atom. The Morgan fingerprint density at radius 3 is 3.00 bits per heavy atom. The Balaban J connectivity index is 1.60. The Bertz CT molecular complexity index is 393. The van der Waals surface area contributed by atoms with Gasteiger partial charge in [0, 0.05) is 19.7 Å². The number of benzene rings is 1. The summed E-state index contributed by atoms with van der Waals surface area (Å²) in [7, 11) is 0. The highest BCUT2D eigenvalue weighted by atomic mass is 16.5. The standard InChI is InChI=1S/C16H25NO3/c1-2-20-16-5-3-4-14(8-16)9-17-10-15(18)12-19-11-13-6-7-13/h3-5,8,13,15,17-18H,2,6-7,9-12H2,1H3. The SMILES string of the molecule is CCOc1cccc(CNCC(O)COCC2CC2)c1. The van der Waals surface area contributed by atoms with Gasteiger partial charge in [0.15, 0.2) is 0 Å². The third-order valence-electron chi connectivity index (χ3n) is 3.28. The minimum absolute atomic E-state index is 0.419. The highest BCUT2D eigenvalue weighted by molar-refractivity contribution is 5.28. The molecule has 0 radical (unpaired) electrons. The summed E-state index contributed by atoms with van der Waals surface area (Å²) in [4.78, 5) is 0. The molecule has 112 valence electrons. The van der Waals surface area contributed by atoms with E-state index < -0.39 is 6.10 Å². The van der Waals surface area contributed by atoms with Crippen molar-refractivity contribution in [3.63, 3.8) is 0 Å². The number of ether oxygens (including phenoxy) is 2. The van der Waals surface area contributed by atoms with E-state index in [4.69, 9.17) is 9.47 Å². The van der Waals surface area contributed by atoms with E-state index in [2.05, 4.69) is 5.32 Å². The summed E-state index contributed by atoms with van der Waals surface area (Å²) in [5, 5.41) is 13.0. The summed E-state index contributed by atoms with van der Waals surface area (Å²) >= 11 is 0. The van der Waals surface area contributed by atoms with E-state index >= 15 is 0 Å². The lowest BCUT2D eigenvalue weighted by Gasteiger charge is -2.12. The molecular weight excluding hydrogens is 254 g/mol. The number of rotatable bonds is 10. The maximum Gasteiger partial charge on any atom is 0.119 e. The molecule has 1 unspecified atom stereocenters. The van der Waals surface area contributed by atoms with Crippen LogP contribution >= 0.6 is 0 Å². The molecule has 1 saturated carbocycles. The van der Waals surface area contributed by atoms with Gasteiger partial charge >= 0.3 is 0 Å². The van der Waals surface area contributed by atoms with Crippen molar-refractivity contribution in [3.05, 3.63) is 29.8 Å². The largest absolute Gasteiger partial charge is 0.494 e. The van der Waals surface area contributed by atoms with Gasteiger partial charge in [-0.05, 0) is 43.4 Å². The van der Waals surface area contributed by atoms with Crippen molar-refractivity contribution in [3.8, 4) is 5.75 Å². The zero-order chi connectivity index (χ0) is 14.2. The maximum atomic E-state index is 9.79. The molecule has 0 heterocycles. The number of hydrogen-bond acceptors (Lipinski definition) is 4. The van der Waals surface area contributed by atoms with Gasteiger partial charge in [-0.3, -0.25) is 0 Å². The zero-order valence-electron chi connectivity index (χ0n) is 12.2. The first-order chi connectivity index (χ1) is 9.78. The monoisotopic (exact) mass is 279 g/mol. The van der Waals surface area contributed by atoms with E-state index in [1.807, 2.05) is 31.2 Å². The molecule has 1 fully saturated rings. The van der Waals surface area contributed by atoms with Crippen molar-refractivity contribution < 1.29 is 14.6 Å². The first-order valence-electron chi connectivity index (χ1n) is 7.46. The molecule has 4 heteroatoms. The van der Waals surface area contributed by atoms with E-state index in [0.29, 0.717) is 19.8 Å². The number of aliphatic hydroxyl groups is 1.